The zero-order valence-electron chi connectivity index (χ0n) is 18.1. The van der Waals surface area contributed by atoms with E-state index in [1.54, 1.807) is 13.3 Å². The van der Waals surface area contributed by atoms with Crippen LogP contribution < -0.4 is 4.74 Å². The molecule has 5 heteroatoms. The monoisotopic (exact) mass is 418 g/mol. The van der Waals surface area contributed by atoms with E-state index in [0.29, 0.717) is 12.8 Å². The average Bonchev–Trinajstić information content (AvgIpc) is 3.10. The molecule has 0 aromatic heterocycles. The predicted octanol–water partition coefficient (Wildman–Crippen LogP) is 4.49. The van der Waals surface area contributed by atoms with Crippen LogP contribution >= 0.6 is 0 Å². The van der Waals surface area contributed by atoms with E-state index < -0.39 is 0 Å². The highest BCUT2D eigenvalue weighted by atomic mass is 16.5. The number of rotatable bonds is 7. The van der Waals surface area contributed by atoms with Gasteiger partial charge in [0.2, 0.25) is 5.91 Å². The minimum absolute atomic E-state index is 0.151. The summed E-state index contributed by atoms with van der Waals surface area (Å²) in [6.45, 7) is 0.273. The lowest BCUT2D eigenvalue weighted by molar-refractivity contribution is -0.472. The van der Waals surface area contributed by atoms with Crippen molar-refractivity contribution in [2.24, 2.45) is 0 Å². The first-order valence-corrected chi connectivity index (χ1v) is 11.0. The molecule has 1 fully saturated rings. The Morgan fingerprint density at radius 3 is 2.55 bits per heavy atom. The molecule has 0 N–H and O–H groups in total. The van der Waals surface area contributed by atoms with Gasteiger partial charge >= 0.3 is 0 Å². The number of ether oxygens (including phenoxy) is 1. The van der Waals surface area contributed by atoms with Crippen molar-refractivity contribution in [3.8, 4) is 5.75 Å². The molecule has 0 bridgehead atoms. The van der Waals surface area contributed by atoms with E-state index in [1.165, 1.54) is 0 Å². The Morgan fingerprint density at radius 2 is 1.87 bits per heavy atom. The summed E-state index contributed by atoms with van der Waals surface area (Å²) in [6.07, 6.45) is 10.9. The van der Waals surface area contributed by atoms with Gasteiger partial charge in [0.25, 0.3) is 0 Å². The number of hydrogen-bond donors (Lipinski definition) is 0. The van der Waals surface area contributed by atoms with Gasteiger partial charge in [-0.3, -0.25) is 4.79 Å². The van der Waals surface area contributed by atoms with Gasteiger partial charge in [-0.1, -0.05) is 54.6 Å². The molecule has 1 aliphatic carbocycles. The summed E-state index contributed by atoms with van der Waals surface area (Å²) >= 11 is 0. The van der Waals surface area contributed by atoms with Crippen LogP contribution in [0, 0.1) is 5.21 Å². The number of hydrogen-bond acceptors (Lipinski definition) is 3. The number of benzene rings is 2. The third-order valence-electron chi connectivity index (χ3n) is 6.48. The lowest BCUT2D eigenvalue weighted by Gasteiger charge is -2.42. The van der Waals surface area contributed by atoms with Crippen LogP contribution in [-0.2, 0) is 17.8 Å². The molecule has 2 atom stereocenters. The summed E-state index contributed by atoms with van der Waals surface area (Å²) in [7, 11) is 1.65. The number of hydroxylamine groups is 1. The van der Waals surface area contributed by atoms with Gasteiger partial charge in [-0.25, -0.2) is 4.74 Å². The lowest BCUT2D eigenvalue weighted by atomic mass is 9.82. The number of nitrogens with zero attached hydrogens (tertiary/aromatic N) is 2. The highest BCUT2D eigenvalue weighted by molar-refractivity contribution is 5.83. The molecule has 0 saturated carbocycles. The summed E-state index contributed by atoms with van der Waals surface area (Å²) in [5, 5.41) is 12.9. The van der Waals surface area contributed by atoms with Gasteiger partial charge in [-0.15, -0.1) is 0 Å². The molecule has 5 nitrogen and oxygen atoms in total. The molecule has 1 aliphatic heterocycles. The van der Waals surface area contributed by atoms with Crippen molar-refractivity contribution in [1.82, 2.24) is 4.90 Å². The topological polar surface area (TPSA) is 55.6 Å². The predicted molar refractivity (Wildman–Crippen MR) is 122 cm³/mol. The van der Waals surface area contributed by atoms with Crippen LogP contribution in [0.5, 0.6) is 5.75 Å². The second-order valence-electron chi connectivity index (χ2n) is 8.53. The Labute approximate surface area is 184 Å². The quantitative estimate of drug-likeness (QED) is 0.219. The van der Waals surface area contributed by atoms with Crippen LogP contribution in [-0.4, -0.2) is 40.5 Å². The molecule has 1 amide bonds. The molecule has 1 spiro atoms. The third kappa shape index (κ3) is 4.82. The third-order valence-corrected chi connectivity index (χ3v) is 6.48. The zero-order valence-corrected chi connectivity index (χ0v) is 18.1. The first-order chi connectivity index (χ1) is 15.1. The van der Waals surface area contributed by atoms with Crippen molar-refractivity contribution in [3.63, 3.8) is 0 Å². The van der Waals surface area contributed by atoms with E-state index in [9.17, 15) is 10.0 Å². The molecule has 31 heavy (non-hydrogen) atoms. The molecule has 4 rings (SSSR count). The van der Waals surface area contributed by atoms with Crippen molar-refractivity contribution in [2.75, 3.05) is 7.11 Å². The highest BCUT2D eigenvalue weighted by Gasteiger charge is 2.48. The SMILES string of the molecule is COc1ccc(CC(/C=[N+](/[O-])Cc2ccccc2)N2C(=O)CCC23CC=CCC3)cc1. The van der Waals surface area contributed by atoms with Crippen molar-refractivity contribution in [1.29, 1.82) is 0 Å². The van der Waals surface area contributed by atoms with Crippen molar-refractivity contribution in [3.05, 3.63) is 83.1 Å². The van der Waals surface area contributed by atoms with Gasteiger partial charge in [0.05, 0.1) is 7.11 Å². The van der Waals surface area contributed by atoms with E-state index >= 15 is 0 Å². The molecule has 2 aromatic rings. The highest BCUT2D eigenvalue weighted by Crippen LogP contribution is 2.41. The largest absolute Gasteiger partial charge is 0.624 e. The van der Waals surface area contributed by atoms with Gasteiger partial charge in [0.1, 0.15) is 11.8 Å². The fourth-order valence-corrected chi connectivity index (χ4v) is 4.92. The van der Waals surface area contributed by atoms with Crippen LogP contribution in [0.15, 0.2) is 66.7 Å². The average molecular weight is 419 g/mol. The molecule has 2 aromatic carbocycles. The molecule has 1 saturated heterocycles. The Balaban J connectivity index is 1.64. The Bertz CT molecular complexity index is 948. The number of likely N-dealkylation sites (tertiary alicyclic amines) is 1. The summed E-state index contributed by atoms with van der Waals surface area (Å²) in [4.78, 5) is 15.1. The molecule has 0 radical (unpaired) electrons. The van der Waals surface area contributed by atoms with Gasteiger partial charge in [0, 0.05) is 23.9 Å². The molecular weight excluding hydrogens is 388 g/mol. The van der Waals surface area contributed by atoms with E-state index in [1.807, 2.05) is 59.5 Å². The van der Waals surface area contributed by atoms with Crippen molar-refractivity contribution < 1.29 is 14.3 Å². The molecule has 2 unspecified atom stereocenters. The molecule has 1 heterocycles. The first-order valence-electron chi connectivity index (χ1n) is 11.0. The number of carbonyl (C=O) groups excluding carboxylic acids is 1. The van der Waals surface area contributed by atoms with Gasteiger partial charge < -0.3 is 14.8 Å². The second kappa shape index (κ2) is 9.38. The molecule has 162 valence electrons. The molecular formula is C26H30N2O3. The summed E-state index contributed by atoms with van der Waals surface area (Å²) < 4.78 is 6.26. The summed E-state index contributed by atoms with van der Waals surface area (Å²) in [5.41, 5.74) is 1.86. The summed E-state index contributed by atoms with van der Waals surface area (Å²) in [6, 6.07) is 17.3. The van der Waals surface area contributed by atoms with Gasteiger partial charge in [-0.05, 0) is 43.4 Å². The van der Waals surface area contributed by atoms with E-state index in [-0.39, 0.29) is 24.0 Å². The van der Waals surface area contributed by atoms with Gasteiger partial charge in [-0.2, -0.15) is 0 Å². The van der Waals surface area contributed by atoms with Crippen LogP contribution in [0.25, 0.3) is 0 Å². The lowest BCUT2D eigenvalue weighted by Crippen LogP contribution is -2.53. The minimum Gasteiger partial charge on any atom is -0.624 e. The maximum atomic E-state index is 13.1. The van der Waals surface area contributed by atoms with Crippen molar-refractivity contribution in [2.45, 2.75) is 56.7 Å². The van der Waals surface area contributed by atoms with Gasteiger partial charge in [0.15, 0.2) is 12.8 Å². The van der Waals surface area contributed by atoms with Crippen LogP contribution in [0.4, 0.5) is 0 Å². The number of allylic oxidation sites excluding steroid dienone is 1. The van der Waals surface area contributed by atoms with Crippen LogP contribution in [0.3, 0.4) is 0 Å². The summed E-state index contributed by atoms with van der Waals surface area (Å²) in [5.74, 6) is 0.947. The second-order valence-corrected chi connectivity index (χ2v) is 8.53. The number of amides is 1. The zero-order chi connectivity index (χ0) is 21.7. The normalized spacial score (nSPS) is 22.2. The Morgan fingerprint density at radius 1 is 1.10 bits per heavy atom. The molecule has 2 aliphatic rings. The van der Waals surface area contributed by atoms with Crippen molar-refractivity contribution >= 4 is 12.1 Å². The number of methoxy groups -OCH3 is 1. The maximum Gasteiger partial charge on any atom is 0.223 e. The van der Waals surface area contributed by atoms with E-state index in [2.05, 4.69) is 12.2 Å². The minimum atomic E-state index is -0.281. The fourth-order valence-electron chi connectivity index (χ4n) is 4.92. The van der Waals surface area contributed by atoms with Crippen LogP contribution in [0.1, 0.15) is 43.2 Å². The van der Waals surface area contributed by atoms with E-state index in [0.717, 1.165) is 47.3 Å². The van der Waals surface area contributed by atoms with E-state index in [4.69, 9.17) is 4.74 Å². The Kier molecular flexibility index (Phi) is 6.40. The maximum absolute atomic E-state index is 13.1. The van der Waals surface area contributed by atoms with Crippen LogP contribution in [0.2, 0.25) is 0 Å². The standard InChI is InChI=1S/C26H30N2O3/c1-31-24-12-10-21(11-13-24)18-23(20-27(30)19-22-8-4-2-5-9-22)28-25(29)14-17-26(28)15-6-3-7-16-26/h2-6,8-13,20,23H,7,14-19H2,1H3/b27-20+. The Hall–Kier alpha value is -3.08. The number of carbonyl (C=O) groups is 1. The first kappa shape index (κ1) is 21.2. The fraction of sp³-hybridized carbons (Fsp3) is 0.385. The smallest absolute Gasteiger partial charge is 0.223 e.